The first-order valence-electron chi connectivity index (χ1n) is 16.3. The van der Waals surface area contributed by atoms with Gasteiger partial charge in [0.25, 0.3) is 5.91 Å². The molecule has 15 nitrogen and oxygen atoms in total. The Hall–Kier alpha value is -4.47. The summed E-state index contributed by atoms with van der Waals surface area (Å²) in [7, 11) is -3.90. The molecule has 266 valence electrons. The van der Waals surface area contributed by atoms with Gasteiger partial charge >= 0.3 is 6.09 Å². The standard InChI is InChI=1S/C33H44N6O9S/c1-9-19-15-33(19,30(42)38-49(44,45)22-11-12-22)36-28(40)23-14-21(47-24-13-20(10-2)34-25-18(5)37-48-26(24)25)16-39(23)29(41)27(32(6,7)8)35-31(43)46-17(3)4/h9,13,19,21-23,27H,1,3,10-12,14-16H2,2,4-8H3,(H,35,43)(H,36,40)(H,38,42)/t19?,21-,23+,27-,33?/m1/s1. The molecule has 3 N–H and O–H groups in total. The number of likely N-dealkylation sites (tertiary alicyclic amines) is 1. The molecule has 3 heterocycles. The zero-order valence-electron chi connectivity index (χ0n) is 28.6. The molecular formula is C33H44N6O9S. The second-order valence-electron chi connectivity index (χ2n) is 14.1. The van der Waals surface area contributed by atoms with Crippen LogP contribution < -0.4 is 20.1 Å². The lowest BCUT2D eigenvalue weighted by Gasteiger charge is -2.35. The van der Waals surface area contributed by atoms with Gasteiger partial charge in [0.2, 0.25) is 27.4 Å². The van der Waals surface area contributed by atoms with Gasteiger partial charge in [0.1, 0.15) is 34.9 Å². The van der Waals surface area contributed by atoms with Crippen LogP contribution in [0.3, 0.4) is 0 Å². The molecule has 4 amide bonds. The molecule has 3 aliphatic rings. The maximum atomic E-state index is 14.3. The first kappa shape index (κ1) is 35.8. The fraction of sp³-hybridized carbons (Fsp3) is 0.576. The van der Waals surface area contributed by atoms with Crippen molar-refractivity contribution in [3.63, 3.8) is 0 Å². The van der Waals surface area contributed by atoms with E-state index in [-0.39, 0.29) is 25.1 Å². The number of aryl methyl sites for hydroxylation is 2. The predicted molar refractivity (Wildman–Crippen MR) is 177 cm³/mol. The number of alkyl carbamates (subject to hydrolysis) is 1. The lowest BCUT2D eigenvalue weighted by Crippen LogP contribution is -2.60. The highest BCUT2D eigenvalue weighted by Gasteiger charge is 2.62. The quantitative estimate of drug-likeness (QED) is 0.217. The fourth-order valence-electron chi connectivity index (χ4n) is 6.01. The van der Waals surface area contributed by atoms with Crippen LogP contribution in [0.5, 0.6) is 5.75 Å². The Bertz CT molecular complexity index is 1810. The Morgan fingerprint density at radius 3 is 2.51 bits per heavy atom. The number of aromatic nitrogens is 2. The van der Waals surface area contributed by atoms with Crippen LogP contribution in [0, 0.1) is 18.3 Å². The van der Waals surface area contributed by atoms with E-state index in [1.54, 1.807) is 33.8 Å². The first-order chi connectivity index (χ1) is 22.9. The van der Waals surface area contributed by atoms with Crippen molar-refractivity contribution in [3.05, 3.63) is 42.4 Å². The summed E-state index contributed by atoms with van der Waals surface area (Å²) in [5, 5.41) is 8.73. The van der Waals surface area contributed by atoms with E-state index in [0.717, 1.165) is 5.69 Å². The summed E-state index contributed by atoms with van der Waals surface area (Å²) in [5.41, 5.74) is -0.257. The van der Waals surface area contributed by atoms with E-state index in [1.165, 1.54) is 17.9 Å². The molecule has 2 aromatic rings. The van der Waals surface area contributed by atoms with Gasteiger partial charge in [-0.1, -0.05) is 45.5 Å². The van der Waals surface area contributed by atoms with Crippen LogP contribution in [0.25, 0.3) is 11.1 Å². The highest BCUT2D eigenvalue weighted by atomic mass is 32.2. The maximum Gasteiger partial charge on any atom is 0.412 e. The van der Waals surface area contributed by atoms with Crippen LogP contribution in [0.2, 0.25) is 0 Å². The topological polar surface area (TPSA) is 199 Å². The van der Waals surface area contributed by atoms with Gasteiger partial charge in [0, 0.05) is 24.1 Å². The van der Waals surface area contributed by atoms with Crippen molar-refractivity contribution in [1.29, 1.82) is 0 Å². The Balaban J connectivity index is 1.46. The van der Waals surface area contributed by atoms with Gasteiger partial charge in [-0.15, -0.1) is 6.58 Å². The molecule has 2 aliphatic carbocycles. The number of sulfonamides is 1. The third kappa shape index (κ3) is 7.43. The number of carbonyl (C=O) groups is 4. The van der Waals surface area contributed by atoms with Gasteiger partial charge in [0.05, 0.1) is 17.6 Å². The summed E-state index contributed by atoms with van der Waals surface area (Å²) in [6.07, 6.45) is 1.49. The lowest BCUT2D eigenvalue weighted by atomic mass is 9.85. The summed E-state index contributed by atoms with van der Waals surface area (Å²) in [6.45, 7) is 17.7. The summed E-state index contributed by atoms with van der Waals surface area (Å²) < 4.78 is 44.4. The first-order valence-corrected chi connectivity index (χ1v) is 17.8. The molecule has 1 aliphatic heterocycles. The van der Waals surface area contributed by atoms with E-state index in [1.807, 2.05) is 6.92 Å². The van der Waals surface area contributed by atoms with E-state index in [2.05, 4.69) is 38.7 Å². The number of hydrogen-bond donors (Lipinski definition) is 3. The van der Waals surface area contributed by atoms with Crippen LogP contribution in [0.4, 0.5) is 4.79 Å². The van der Waals surface area contributed by atoms with Gasteiger partial charge in [-0.3, -0.25) is 19.1 Å². The monoisotopic (exact) mass is 700 g/mol. The van der Waals surface area contributed by atoms with Crippen LogP contribution in [-0.2, 0) is 35.6 Å². The third-order valence-corrected chi connectivity index (χ3v) is 10.8. The van der Waals surface area contributed by atoms with Crippen molar-refractivity contribution >= 4 is 44.9 Å². The average molecular weight is 701 g/mol. The Morgan fingerprint density at radius 2 is 1.94 bits per heavy atom. The number of hydrogen-bond acceptors (Lipinski definition) is 11. The van der Waals surface area contributed by atoms with Crippen LogP contribution in [-0.4, -0.2) is 82.8 Å². The number of nitrogens with zero attached hydrogens (tertiary/aromatic N) is 3. The van der Waals surface area contributed by atoms with Crippen LogP contribution in [0.15, 0.2) is 35.6 Å². The number of ether oxygens (including phenoxy) is 2. The molecule has 5 rings (SSSR count). The number of amides is 4. The smallest absolute Gasteiger partial charge is 0.412 e. The van der Waals surface area contributed by atoms with Crippen molar-refractivity contribution in [2.45, 2.75) is 103 Å². The zero-order valence-corrected chi connectivity index (χ0v) is 29.4. The molecule has 5 atom stereocenters. The van der Waals surface area contributed by atoms with Gasteiger partial charge in [-0.05, 0) is 44.9 Å². The molecule has 0 spiro atoms. The number of nitrogens with one attached hydrogen (secondary N) is 3. The molecule has 0 bridgehead atoms. The number of fused-ring (bicyclic) bond motifs is 1. The number of rotatable bonds is 12. The Labute approximate surface area is 285 Å². The van der Waals surface area contributed by atoms with E-state index in [0.29, 0.717) is 41.8 Å². The van der Waals surface area contributed by atoms with Gasteiger partial charge in [0.15, 0.2) is 5.75 Å². The molecule has 2 unspecified atom stereocenters. The summed E-state index contributed by atoms with van der Waals surface area (Å²) in [5.74, 6) is -2.21. The minimum Gasteiger partial charge on any atom is -0.484 e. The number of allylic oxidation sites excluding steroid dienone is 1. The SMILES string of the molecule is C=CC1CC1(NC(=O)[C@@H]1C[C@@H](Oc2cc(CC)nc3c(C)noc23)CN1C(=O)[C@@H](NC(=O)OC(=C)C)C(C)(C)C)C(=O)NS(=O)(=O)C1CC1. The Morgan fingerprint density at radius 1 is 1.24 bits per heavy atom. The van der Waals surface area contributed by atoms with Crippen LogP contribution in [0.1, 0.15) is 71.7 Å². The van der Waals surface area contributed by atoms with Gasteiger partial charge < -0.3 is 29.5 Å². The molecule has 49 heavy (non-hydrogen) atoms. The number of pyridine rings is 1. The molecule has 2 aromatic heterocycles. The van der Waals surface area contributed by atoms with Gasteiger partial charge in [-0.2, -0.15) is 0 Å². The summed E-state index contributed by atoms with van der Waals surface area (Å²) in [4.78, 5) is 60.4. The predicted octanol–water partition coefficient (Wildman–Crippen LogP) is 2.79. The largest absolute Gasteiger partial charge is 0.484 e. The van der Waals surface area contributed by atoms with Crippen molar-refractivity contribution in [2.24, 2.45) is 11.3 Å². The fourth-order valence-corrected chi connectivity index (χ4v) is 7.38. The normalized spacial score (nSPS) is 24.1. The Kier molecular flexibility index (Phi) is 9.58. The van der Waals surface area contributed by atoms with E-state index in [4.69, 9.17) is 14.0 Å². The van der Waals surface area contributed by atoms with Crippen molar-refractivity contribution in [2.75, 3.05) is 6.54 Å². The molecule has 0 aromatic carbocycles. The maximum absolute atomic E-state index is 14.3. The second kappa shape index (κ2) is 13.1. The lowest BCUT2D eigenvalue weighted by molar-refractivity contribution is -0.142. The van der Waals surface area contributed by atoms with Crippen molar-refractivity contribution in [3.8, 4) is 5.75 Å². The minimum absolute atomic E-state index is 0.000129. The highest BCUT2D eigenvalue weighted by Crippen LogP contribution is 2.45. The zero-order chi connectivity index (χ0) is 36.1. The highest BCUT2D eigenvalue weighted by molar-refractivity contribution is 7.91. The summed E-state index contributed by atoms with van der Waals surface area (Å²) in [6, 6.07) is -0.595. The van der Waals surface area contributed by atoms with Crippen molar-refractivity contribution in [1.82, 2.24) is 30.4 Å². The average Bonchev–Trinajstić information content (AvgIpc) is 3.92. The van der Waals surface area contributed by atoms with Crippen molar-refractivity contribution < 1.29 is 41.6 Å². The molecule has 0 radical (unpaired) electrons. The minimum atomic E-state index is -3.90. The molecule has 2 saturated carbocycles. The molecule has 16 heteroatoms. The van der Waals surface area contributed by atoms with Crippen LogP contribution >= 0.6 is 0 Å². The molecule has 1 saturated heterocycles. The van der Waals surface area contributed by atoms with E-state index in [9.17, 15) is 27.6 Å². The second-order valence-corrected chi connectivity index (χ2v) is 16.1. The molecular weight excluding hydrogens is 656 g/mol. The third-order valence-electron chi connectivity index (χ3n) is 9.00. The molecule has 3 fully saturated rings. The summed E-state index contributed by atoms with van der Waals surface area (Å²) >= 11 is 0. The van der Waals surface area contributed by atoms with E-state index >= 15 is 0 Å². The van der Waals surface area contributed by atoms with E-state index < -0.39 is 74.1 Å². The van der Waals surface area contributed by atoms with Gasteiger partial charge in [-0.25, -0.2) is 18.2 Å². The number of carbonyl (C=O) groups excluding carboxylic acids is 4.